The quantitative estimate of drug-likeness (QED) is 0.777. The minimum atomic E-state index is -0.897. The molecule has 0 spiro atoms. The fourth-order valence-electron chi connectivity index (χ4n) is 2.16. The number of hydrogen-bond acceptors (Lipinski definition) is 4. The van der Waals surface area contributed by atoms with Crippen molar-refractivity contribution < 1.29 is 14.6 Å². The summed E-state index contributed by atoms with van der Waals surface area (Å²) >= 11 is 5.86. The van der Waals surface area contributed by atoms with Crippen molar-refractivity contribution in [3.63, 3.8) is 0 Å². The van der Waals surface area contributed by atoms with E-state index >= 15 is 0 Å². The van der Waals surface area contributed by atoms with Gasteiger partial charge in [0.25, 0.3) is 0 Å². The van der Waals surface area contributed by atoms with E-state index in [0.29, 0.717) is 36.6 Å². The molecule has 7 heteroatoms. The third-order valence-corrected chi connectivity index (χ3v) is 3.76. The van der Waals surface area contributed by atoms with Gasteiger partial charge in [0.1, 0.15) is 0 Å². The molecule has 118 valence electrons. The Labute approximate surface area is 135 Å². The smallest absolute Gasteiger partial charge is 0.240 e. The maximum atomic E-state index is 12.1. The van der Waals surface area contributed by atoms with E-state index < -0.39 is 11.6 Å². The summed E-state index contributed by atoms with van der Waals surface area (Å²) in [5.74, 6) is -0.248. The van der Waals surface area contributed by atoms with E-state index in [4.69, 9.17) is 22.1 Å². The Kier molecular flexibility index (Phi) is 6.90. The number of nitrogens with one attached hydrogen (secondary N) is 1. The van der Waals surface area contributed by atoms with Crippen LogP contribution in [0.2, 0.25) is 5.02 Å². The maximum Gasteiger partial charge on any atom is 0.240 e. The van der Waals surface area contributed by atoms with Gasteiger partial charge in [-0.25, -0.2) is 0 Å². The Balaban J connectivity index is 0.00000220. The number of aliphatic hydroxyl groups excluding tert-OH is 1. The van der Waals surface area contributed by atoms with E-state index in [-0.39, 0.29) is 24.9 Å². The first kappa shape index (κ1) is 18.2. The predicted molar refractivity (Wildman–Crippen MR) is 83.6 cm³/mol. The highest BCUT2D eigenvalue weighted by molar-refractivity contribution is 6.30. The van der Waals surface area contributed by atoms with E-state index in [0.717, 1.165) is 0 Å². The summed E-state index contributed by atoms with van der Waals surface area (Å²) < 4.78 is 5.20. The van der Waals surface area contributed by atoms with Crippen LogP contribution in [-0.2, 0) is 9.53 Å². The molecule has 1 aliphatic rings. The maximum absolute atomic E-state index is 12.1. The monoisotopic (exact) mass is 334 g/mol. The van der Waals surface area contributed by atoms with E-state index in [1.165, 1.54) is 0 Å². The van der Waals surface area contributed by atoms with Crippen LogP contribution in [0.4, 0.5) is 0 Å². The SMILES string of the molecule is Cl.NC1(C(=O)NCC(O)c2cccc(Cl)c2)CCOCC1. The molecule has 1 aromatic rings. The van der Waals surface area contributed by atoms with Crippen molar-refractivity contribution in [3.8, 4) is 0 Å². The van der Waals surface area contributed by atoms with Gasteiger partial charge in [-0.15, -0.1) is 12.4 Å². The number of hydrogen-bond donors (Lipinski definition) is 3. The second kappa shape index (κ2) is 7.96. The first-order chi connectivity index (χ1) is 9.51. The molecule has 1 aliphatic heterocycles. The van der Waals surface area contributed by atoms with Gasteiger partial charge in [-0.3, -0.25) is 4.79 Å². The molecule has 5 nitrogen and oxygen atoms in total. The highest BCUT2D eigenvalue weighted by Crippen LogP contribution is 2.19. The van der Waals surface area contributed by atoms with E-state index in [1.807, 2.05) is 0 Å². The fraction of sp³-hybridized carbons (Fsp3) is 0.500. The molecule has 1 atom stereocenters. The van der Waals surface area contributed by atoms with E-state index in [9.17, 15) is 9.90 Å². The van der Waals surface area contributed by atoms with Crippen LogP contribution >= 0.6 is 24.0 Å². The molecular weight excluding hydrogens is 315 g/mol. The van der Waals surface area contributed by atoms with Crippen molar-refractivity contribution in [3.05, 3.63) is 34.9 Å². The summed E-state index contributed by atoms with van der Waals surface area (Å²) in [5.41, 5.74) is 5.82. The second-order valence-corrected chi connectivity index (χ2v) is 5.49. The Morgan fingerprint density at radius 3 is 2.76 bits per heavy atom. The number of halogens is 2. The van der Waals surface area contributed by atoms with Gasteiger partial charge in [-0.2, -0.15) is 0 Å². The zero-order valence-electron chi connectivity index (χ0n) is 11.5. The molecule has 0 bridgehead atoms. The largest absolute Gasteiger partial charge is 0.387 e. The zero-order valence-corrected chi connectivity index (χ0v) is 13.1. The second-order valence-electron chi connectivity index (χ2n) is 5.05. The van der Waals surface area contributed by atoms with Gasteiger partial charge in [0.05, 0.1) is 11.6 Å². The lowest BCUT2D eigenvalue weighted by Gasteiger charge is -2.32. The number of aliphatic hydroxyl groups is 1. The van der Waals surface area contributed by atoms with Crippen LogP contribution in [0.3, 0.4) is 0 Å². The van der Waals surface area contributed by atoms with Crippen LogP contribution in [-0.4, -0.2) is 36.3 Å². The third kappa shape index (κ3) is 4.83. The molecule has 21 heavy (non-hydrogen) atoms. The van der Waals surface area contributed by atoms with Crippen LogP contribution in [0.1, 0.15) is 24.5 Å². The predicted octanol–water partition coefficient (Wildman–Crippen LogP) is 1.42. The Bertz CT molecular complexity index is 479. The molecule has 0 radical (unpaired) electrons. The lowest BCUT2D eigenvalue weighted by atomic mass is 9.90. The minimum Gasteiger partial charge on any atom is -0.387 e. The summed E-state index contributed by atoms with van der Waals surface area (Å²) in [6, 6.07) is 6.92. The van der Waals surface area contributed by atoms with Gasteiger partial charge >= 0.3 is 0 Å². The summed E-state index contributed by atoms with van der Waals surface area (Å²) in [6.45, 7) is 1.08. The van der Waals surface area contributed by atoms with Gasteiger partial charge < -0.3 is 20.9 Å². The lowest BCUT2D eigenvalue weighted by molar-refractivity contribution is -0.130. The molecule has 1 heterocycles. The van der Waals surface area contributed by atoms with Crippen LogP contribution in [0.5, 0.6) is 0 Å². The standard InChI is InChI=1S/C14H19ClN2O3.ClH/c15-11-3-1-2-10(8-11)12(18)9-17-13(19)14(16)4-6-20-7-5-14;/h1-3,8,12,18H,4-7,9,16H2,(H,17,19);1H. The van der Waals surface area contributed by atoms with Crippen LogP contribution in [0, 0.1) is 0 Å². The van der Waals surface area contributed by atoms with Gasteiger partial charge in [0.2, 0.25) is 5.91 Å². The molecule has 2 rings (SSSR count). The van der Waals surface area contributed by atoms with Crippen LogP contribution in [0.25, 0.3) is 0 Å². The number of rotatable bonds is 4. The average Bonchev–Trinajstić information content (AvgIpc) is 2.45. The van der Waals surface area contributed by atoms with Crippen molar-refractivity contribution in [2.45, 2.75) is 24.5 Å². The number of nitrogens with two attached hydrogens (primary N) is 1. The lowest BCUT2D eigenvalue weighted by Crippen LogP contribution is -2.57. The van der Waals surface area contributed by atoms with Crippen molar-refractivity contribution >= 4 is 29.9 Å². The molecule has 1 fully saturated rings. The van der Waals surface area contributed by atoms with Crippen molar-refractivity contribution in [2.75, 3.05) is 19.8 Å². The molecule has 4 N–H and O–H groups in total. The number of ether oxygens (including phenoxy) is 1. The van der Waals surface area contributed by atoms with Crippen LogP contribution in [0.15, 0.2) is 24.3 Å². The molecule has 1 amide bonds. The number of amides is 1. The van der Waals surface area contributed by atoms with Gasteiger partial charge in [0.15, 0.2) is 0 Å². The first-order valence-corrected chi connectivity index (χ1v) is 6.97. The first-order valence-electron chi connectivity index (χ1n) is 6.60. The number of carbonyl (C=O) groups excluding carboxylic acids is 1. The van der Waals surface area contributed by atoms with Crippen molar-refractivity contribution in [1.82, 2.24) is 5.32 Å². The highest BCUT2D eigenvalue weighted by Gasteiger charge is 2.35. The minimum absolute atomic E-state index is 0. The topological polar surface area (TPSA) is 84.6 Å². The van der Waals surface area contributed by atoms with E-state index in [2.05, 4.69) is 5.32 Å². The van der Waals surface area contributed by atoms with E-state index in [1.54, 1.807) is 24.3 Å². The molecule has 0 aliphatic carbocycles. The molecule has 1 unspecified atom stereocenters. The highest BCUT2D eigenvalue weighted by atomic mass is 35.5. The molecular formula is C14H20Cl2N2O3. The summed E-state index contributed by atoms with van der Waals surface area (Å²) in [7, 11) is 0. The molecule has 1 aromatic carbocycles. The molecule has 0 saturated carbocycles. The number of benzene rings is 1. The summed E-state index contributed by atoms with van der Waals surface area (Å²) in [5, 5.41) is 13.3. The number of carbonyl (C=O) groups is 1. The van der Waals surface area contributed by atoms with Gasteiger partial charge in [-0.1, -0.05) is 23.7 Å². The summed E-state index contributed by atoms with van der Waals surface area (Å²) in [4.78, 5) is 12.1. The zero-order chi connectivity index (χ0) is 14.6. The Hall–Kier alpha value is -0.850. The third-order valence-electron chi connectivity index (χ3n) is 3.53. The molecule has 0 aromatic heterocycles. The van der Waals surface area contributed by atoms with Gasteiger partial charge in [0, 0.05) is 24.8 Å². The normalized spacial score (nSPS) is 18.4. The summed E-state index contributed by atoms with van der Waals surface area (Å²) in [6.07, 6.45) is 0.180. The van der Waals surface area contributed by atoms with Crippen molar-refractivity contribution in [1.29, 1.82) is 0 Å². The van der Waals surface area contributed by atoms with Crippen molar-refractivity contribution in [2.24, 2.45) is 5.73 Å². The average molecular weight is 335 g/mol. The Morgan fingerprint density at radius 2 is 2.14 bits per heavy atom. The molecule has 1 saturated heterocycles. The van der Waals surface area contributed by atoms with Crippen LogP contribution < -0.4 is 11.1 Å². The fourth-order valence-corrected chi connectivity index (χ4v) is 2.36. The van der Waals surface area contributed by atoms with Gasteiger partial charge in [-0.05, 0) is 30.5 Å². The Morgan fingerprint density at radius 1 is 1.48 bits per heavy atom.